The lowest BCUT2D eigenvalue weighted by atomic mass is 10.2. The third-order valence-corrected chi connectivity index (χ3v) is 3.69. The second kappa shape index (κ2) is 7.82. The highest BCUT2D eigenvalue weighted by Gasteiger charge is 2.14. The Kier molecular flexibility index (Phi) is 5.81. The fourth-order valence-corrected chi connectivity index (χ4v) is 2.46. The van der Waals surface area contributed by atoms with Crippen LogP contribution in [0.2, 0.25) is 0 Å². The van der Waals surface area contributed by atoms with Crippen molar-refractivity contribution < 1.29 is 4.79 Å². The summed E-state index contributed by atoms with van der Waals surface area (Å²) in [5.41, 5.74) is 3.53. The minimum atomic E-state index is -0.0714. The Labute approximate surface area is 136 Å². The molecule has 2 aromatic rings. The first-order chi connectivity index (χ1) is 11.0. The fraction of sp³-hybridized carbons (Fsp3) is 0.500. The Balaban J connectivity index is 1.84. The van der Waals surface area contributed by atoms with Gasteiger partial charge >= 0.3 is 0 Å². The summed E-state index contributed by atoms with van der Waals surface area (Å²) < 4.78 is 1.88. The van der Waals surface area contributed by atoms with E-state index in [9.17, 15) is 4.79 Å². The Hall–Kier alpha value is -2.28. The third-order valence-electron chi connectivity index (χ3n) is 3.69. The van der Waals surface area contributed by atoms with Crippen LogP contribution < -0.4 is 10.6 Å². The van der Waals surface area contributed by atoms with Gasteiger partial charge in [-0.1, -0.05) is 0 Å². The van der Waals surface area contributed by atoms with Gasteiger partial charge < -0.3 is 10.6 Å². The van der Waals surface area contributed by atoms with Crippen molar-refractivity contribution in [1.29, 1.82) is 0 Å². The van der Waals surface area contributed by atoms with Crippen molar-refractivity contribution in [3.8, 4) is 0 Å². The quantitative estimate of drug-likeness (QED) is 0.808. The van der Waals surface area contributed by atoms with Gasteiger partial charge in [-0.2, -0.15) is 5.10 Å². The fourth-order valence-electron chi connectivity index (χ4n) is 2.46. The number of carbonyl (C=O) groups excluding carboxylic acids is 1. The van der Waals surface area contributed by atoms with Crippen LogP contribution >= 0.6 is 0 Å². The van der Waals surface area contributed by atoms with Gasteiger partial charge in [-0.15, -0.1) is 0 Å². The number of hydrogen-bond acceptors (Lipinski definition) is 5. The molecule has 7 heteroatoms. The van der Waals surface area contributed by atoms with Crippen molar-refractivity contribution in [2.45, 2.75) is 46.7 Å². The highest BCUT2D eigenvalue weighted by Crippen LogP contribution is 2.18. The van der Waals surface area contributed by atoms with Gasteiger partial charge in [0, 0.05) is 37.6 Å². The van der Waals surface area contributed by atoms with Crippen LogP contribution in [0.25, 0.3) is 0 Å². The van der Waals surface area contributed by atoms with Crippen LogP contribution in [0.1, 0.15) is 30.9 Å². The van der Waals surface area contributed by atoms with Crippen molar-refractivity contribution in [2.75, 3.05) is 11.9 Å². The van der Waals surface area contributed by atoms with Crippen molar-refractivity contribution >= 4 is 11.6 Å². The molecule has 2 N–H and O–H groups in total. The molecule has 0 aliphatic carbocycles. The van der Waals surface area contributed by atoms with Crippen molar-refractivity contribution in [1.82, 2.24) is 25.1 Å². The lowest BCUT2D eigenvalue weighted by Gasteiger charge is -2.13. The van der Waals surface area contributed by atoms with Crippen molar-refractivity contribution in [3.63, 3.8) is 0 Å². The van der Waals surface area contributed by atoms with Crippen LogP contribution in [-0.2, 0) is 17.8 Å². The smallest absolute Gasteiger partial charge is 0.238 e. The minimum Gasteiger partial charge on any atom is -0.322 e. The molecule has 2 rings (SSSR count). The molecule has 0 saturated carbocycles. The van der Waals surface area contributed by atoms with Crippen LogP contribution in [0.4, 0.5) is 5.69 Å². The number of rotatable bonds is 7. The zero-order valence-electron chi connectivity index (χ0n) is 14.1. The van der Waals surface area contributed by atoms with E-state index in [-0.39, 0.29) is 18.5 Å². The molecular formula is C16H24N6O. The summed E-state index contributed by atoms with van der Waals surface area (Å²) in [6.07, 6.45) is 5.79. The summed E-state index contributed by atoms with van der Waals surface area (Å²) in [6.45, 7) is 8.95. The number of nitrogens with zero attached hydrogens (tertiary/aromatic N) is 4. The molecule has 7 nitrogen and oxygen atoms in total. The zero-order chi connectivity index (χ0) is 16.8. The number of hydrogen-bond donors (Lipinski definition) is 2. The van der Waals surface area contributed by atoms with Crippen LogP contribution in [0.3, 0.4) is 0 Å². The Morgan fingerprint density at radius 2 is 2.13 bits per heavy atom. The summed E-state index contributed by atoms with van der Waals surface area (Å²) in [5.74, 6) is -0.0714. The van der Waals surface area contributed by atoms with E-state index in [4.69, 9.17) is 0 Å². The maximum Gasteiger partial charge on any atom is 0.238 e. The van der Waals surface area contributed by atoms with E-state index in [1.165, 1.54) is 0 Å². The number of aromatic nitrogens is 4. The Morgan fingerprint density at radius 1 is 1.35 bits per heavy atom. The normalized spacial score (nSPS) is 12.2. The summed E-state index contributed by atoms with van der Waals surface area (Å²) in [7, 11) is 0. The molecule has 0 aliphatic rings. The lowest BCUT2D eigenvalue weighted by molar-refractivity contribution is -0.115. The number of aryl methyl sites for hydroxylation is 2. The van der Waals surface area contributed by atoms with Gasteiger partial charge in [0.1, 0.15) is 0 Å². The molecule has 2 heterocycles. The summed E-state index contributed by atoms with van der Waals surface area (Å²) in [6, 6.07) is 0.137. The monoisotopic (exact) mass is 316 g/mol. The van der Waals surface area contributed by atoms with Crippen LogP contribution in [0.15, 0.2) is 18.6 Å². The number of carbonyl (C=O) groups is 1. The average Bonchev–Trinajstić information content (AvgIpc) is 2.81. The van der Waals surface area contributed by atoms with Crippen molar-refractivity contribution in [3.05, 3.63) is 35.7 Å². The van der Waals surface area contributed by atoms with E-state index in [1.807, 2.05) is 32.4 Å². The second-order valence-corrected chi connectivity index (χ2v) is 5.59. The second-order valence-electron chi connectivity index (χ2n) is 5.59. The number of amides is 1. The van der Waals surface area contributed by atoms with E-state index >= 15 is 0 Å². The first-order valence-corrected chi connectivity index (χ1v) is 7.83. The topological polar surface area (TPSA) is 84.7 Å². The maximum atomic E-state index is 12.1. The van der Waals surface area contributed by atoms with Crippen LogP contribution in [0.5, 0.6) is 0 Å². The number of nitrogens with one attached hydrogen (secondary N) is 2. The Bertz CT molecular complexity index is 652. The molecule has 23 heavy (non-hydrogen) atoms. The predicted octanol–water partition coefficient (Wildman–Crippen LogP) is 1.47. The Morgan fingerprint density at radius 3 is 2.74 bits per heavy atom. The van der Waals surface area contributed by atoms with Crippen molar-refractivity contribution in [2.24, 2.45) is 0 Å². The third kappa shape index (κ3) is 4.59. The molecule has 2 aromatic heterocycles. The van der Waals surface area contributed by atoms with E-state index < -0.39 is 0 Å². The molecule has 124 valence electrons. The average molecular weight is 316 g/mol. The summed E-state index contributed by atoms with van der Waals surface area (Å²) in [5, 5.41) is 10.5. The first kappa shape index (κ1) is 17.1. The number of anilines is 1. The summed E-state index contributed by atoms with van der Waals surface area (Å²) >= 11 is 0. The lowest BCUT2D eigenvalue weighted by Crippen LogP contribution is -2.36. The highest BCUT2D eigenvalue weighted by atomic mass is 16.1. The van der Waals surface area contributed by atoms with Crippen LogP contribution in [0, 0.1) is 13.8 Å². The van der Waals surface area contributed by atoms with Gasteiger partial charge in [0.2, 0.25) is 5.91 Å². The first-order valence-electron chi connectivity index (χ1n) is 7.83. The molecule has 0 fully saturated rings. The molecule has 0 spiro atoms. The molecule has 0 aliphatic heterocycles. The van der Waals surface area contributed by atoms with Gasteiger partial charge in [-0.05, 0) is 27.7 Å². The van der Waals surface area contributed by atoms with Gasteiger partial charge in [-0.25, -0.2) is 0 Å². The standard InChI is InChI=1S/C16H24N6O/c1-5-22-13(4)16(12(3)21-22)20-15(23)10-19-11(2)8-14-9-17-6-7-18-14/h6-7,9,11,19H,5,8,10H2,1-4H3,(H,20,23). The van der Waals surface area contributed by atoms with E-state index in [0.29, 0.717) is 0 Å². The van der Waals surface area contributed by atoms with Crippen LogP contribution in [-0.4, -0.2) is 38.2 Å². The molecule has 0 saturated heterocycles. The zero-order valence-corrected chi connectivity index (χ0v) is 14.1. The van der Waals surface area contributed by atoms with E-state index in [1.54, 1.807) is 18.6 Å². The largest absolute Gasteiger partial charge is 0.322 e. The summed E-state index contributed by atoms with van der Waals surface area (Å²) in [4.78, 5) is 20.4. The SMILES string of the molecule is CCn1nc(C)c(NC(=O)CNC(C)Cc2cnccn2)c1C. The van der Waals surface area contributed by atoms with E-state index in [0.717, 1.165) is 35.7 Å². The van der Waals surface area contributed by atoms with Gasteiger partial charge in [0.15, 0.2) is 0 Å². The molecule has 0 bridgehead atoms. The maximum absolute atomic E-state index is 12.1. The molecule has 0 radical (unpaired) electrons. The molecular weight excluding hydrogens is 292 g/mol. The van der Waals surface area contributed by atoms with E-state index in [2.05, 4.69) is 25.7 Å². The molecule has 1 unspecified atom stereocenters. The minimum absolute atomic E-state index is 0.0714. The molecule has 1 amide bonds. The highest BCUT2D eigenvalue weighted by molar-refractivity contribution is 5.93. The predicted molar refractivity (Wildman–Crippen MR) is 89.2 cm³/mol. The van der Waals surface area contributed by atoms with Gasteiger partial charge in [-0.3, -0.25) is 19.4 Å². The molecule has 0 aromatic carbocycles. The van der Waals surface area contributed by atoms with Gasteiger partial charge in [0.25, 0.3) is 0 Å². The van der Waals surface area contributed by atoms with Gasteiger partial charge in [0.05, 0.1) is 29.3 Å². The molecule has 1 atom stereocenters.